The number of urea groups is 1. The maximum atomic E-state index is 13.3. The van der Waals surface area contributed by atoms with Crippen molar-refractivity contribution in [3.05, 3.63) is 63.7 Å². The van der Waals surface area contributed by atoms with Crippen LogP contribution in [-0.2, 0) is 26.9 Å². The second kappa shape index (κ2) is 7.58. The summed E-state index contributed by atoms with van der Waals surface area (Å²) in [6.45, 7) is 8.63. The Hall–Kier alpha value is -3.04. The summed E-state index contributed by atoms with van der Waals surface area (Å²) in [7, 11) is -3.87. The summed E-state index contributed by atoms with van der Waals surface area (Å²) >= 11 is 0. The number of benzene rings is 2. The normalized spacial score (nSPS) is 19.0. The number of primary sulfonamides is 1. The Morgan fingerprint density at radius 2 is 1.68 bits per heavy atom. The molecule has 1 atom stereocenters. The largest absolute Gasteiger partial charge is 0.325 e. The number of hydrogen-bond donors (Lipinski definition) is 2. The SMILES string of the molecule is CC(=O)c1c(C)cc(C)c(CN2C(=O)N[C@@](C)(c3ccc(S(N)(=O)=O)cc3)C2=O)c1C. The first-order chi connectivity index (χ1) is 14.3. The van der Waals surface area contributed by atoms with Crippen LogP contribution in [0.25, 0.3) is 0 Å². The van der Waals surface area contributed by atoms with Gasteiger partial charge in [-0.2, -0.15) is 0 Å². The van der Waals surface area contributed by atoms with E-state index in [1.165, 1.54) is 31.2 Å². The van der Waals surface area contributed by atoms with E-state index >= 15 is 0 Å². The van der Waals surface area contributed by atoms with Crippen molar-refractivity contribution in [1.82, 2.24) is 10.2 Å². The molecule has 8 nitrogen and oxygen atoms in total. The highest BCUT2D eigenvalue weighted by atomic mass is 32.2. The van der Waals surface area contributed by atoms with E-state index in [-0.39, 0.29) is 17.2 Å². The van der Waals surface area contributed by atoms with E-state index in [1.54, 1.807) is 6.92 Å². The summed E-state index contributed by atoms with van der Waals surface area (Å²) in [6, 6.07) is 6.82. The number of ketones is 1. The zero-order valence-corrected chi connectivity index (χ0v) is 18.9. The molecule has 3 amide bonds. The Bertz CT molecular complexity index is 1220. The third kappa shape index (κ3) is 3.86. The van der Waals surface area contributed by atoms with E-state index in [0.717, 1.165) is 27.2 Å². The van der Waals surface area contributed by atoms with Gasteiger partial charge < -0.3 is 5.32 Å². The molecule has 0 spiro atoms. The lowest BCUT2D eigenvalue weighted by atomic mass is 9.90. The molecule has 9 heteroatoms. The van der Waals surface area contributed by atoms with Crippen LogP contribution in [0.3, 0.4) is 0 Å². The highest BCUT2D eigenvalue weighted by Gasteiger charge is 2.49. The Labute approximate surface area is 181 Å². The zero-order valence-electron chi connectivity index (χ0n) is 18.1. The topological polar surface area (TPSA) is 127 Å². The molecular weight excluding hydrogens is 418 g/mol. The van der Waals surface area contributed by atoms with Crippen LogP contribution < -0.4 is 10.5 Å². The van der Waals surface area contributed by atoms with Crippen LogP contribution in [0.1, 0.15) is 52.0 Å². The van der Waals surface area contributed by atoms with Gasteiger partial charge in [-0.1, -0.05) is 18.2 Å². The molecule has 0 bridgehead atoms. The predicted molar refractivity (Wildman–Crippen MR) is 115 cm³/mol. The average molecular weight is 444 g/mol. The van der Waals surface area contributed by atoms with Crippen LogP contribution in [0.5, 0.6) is 0 Å². The standard InChI is InChI=1S/C22H25N3O5S/c1-12-10-13(2)19(15(4)26)14(3)18(12)11-25-20(27)22(5,24-21(25)28)16-6-8-17(9-7-16)31(23,29)30/h6-10H,11H2,1-5H3,(H,24,28)(H2,23,29,30)/t22-/m0/s1. The van der Waals surface area contributed by atoms with Crippen molar-refractivity contribution in [1.29, 1.82) is 0 Å². The van der Waals surface area contributed by atoms with Crippen LogP contribution in [0.15, 0.2) is 35.2 Å². The molecule has 1 aliphatic heterocycles. The van der Waals surface area contributed by atoms with E-state index in [4.69, 9.17) is 5.14 Å². The molecule has 1 fully saturated rings. The predicted octanol–water partition coefficient (Wildman–Crippen LogP) is 2.43. The highest BCUT2D eigenvalue weighted by molar-refractivity contribution is 7.89. The maximum absolute atomic E-state index is 13.3. The molecule has 0 radical (unpaired) electrons. The molecule has 1 saturated heterocycles. The lowest BCUT2D eigenvalue weighted by molar-refractivity contribution is -0.131. The van der Waals surface area contributed by atoms with Gasteiger partial charge in [0.05, 0.1) is 11.4 Å². The number of aryl methyl sites for hydroxylation is 2. The summed E-state index contributed by atoms with van der Waals surface area (Å²) in [6.07, 6.45) is 0. The number of carbonyl (C=O) groups is 3. The summed E-state index contributed by atoms with van der Waals surface area (Å²) in [5.41, 5.74) is 2.89. The Morgan fingerprint density at radius 3 is 2.19 bits per heavy atom. The molecule has 0 saturated carbocycles. The van der Waals surface area contributed by atoms with Gasteiger partial charge in [0.1, 0.15) is 5.54 Å². The number of carbonyl (C=O) groups excluding carboxylic acids is 3. The first-order valence-corrected chi connectivity index (χ1v) is 11.2. The van der Waals surface area contributed by atoms with Crippen molar-refractivity contribution in [2.24, 2.45) is 5.14 Å². The molecule has 0 aromatic heterocycles. The molecule has 2 aromatic rings. The highest BCUT2D eigenvalue weighted by Crippen LogP contribution is 2.32. The van der Waals surface area contributed by atoms with Gasteiger partial charge in [0.15, 0.2) is 5.78 Å². The fourth-order valence-corrected chi connectivity index (χ4v) is 4.70. The van der Waals surface area contributed by atoms with Crippen molar-refractivity contribution >= 4 is 27.7 Å². The summed E-state index contributed by atoms with van der Waals surface area (Å²) < 4.78 is 23.0. The van der Waals surface area contributed by atoms with Gasteiger partial charge in [0, 0.05) is 5.56 Å². The minimum Gasteiger partial charge on any atom is -0.319 e. The molecule has 2 aromatic carbocycles. The Balaban J connectivity index is 1.98. The molecule has 0 aliphatic carbocycles. The smallest absolute Gasteiger partial charge is 0.319 e. The molecule has 1 aliphatic rings. The third-order valence-corrected chi connectivity index (χ3v) is 6.76. The van der Waals surface area contributed by atoms with Gasteiger partial charge >= 0.3 is 6.03 Å². The first-order valence-electron chi connectivity index (χ1n) is 9.65. The minimum absolute atomic E-state index is 0.0216. The van der Waals surface area contributed by atoms with Gasteiger partial charge in [-0.25, -0.2) is 18.4 Å². The fraction of sp³-hybridized carbons (Fsp3) is 0.318. The molecule has 3 N–H and O–H groups in total. The van der Waals surface area contributed by atoms with Crippen molar-refractivity contribution < 1.29 is 22.8 Å². The van der Waals surface area contributed by atoms with E-state index in [1.807, 2.05) is 26.8 Å². The average Bonchev–Trinajstić information content (AvgIpc) is 2.87. The van der Waals surface area contributed by atoms with E-state index in [2.05, 4.69) is 5.32 Å². The number of imide groups is 1. The van der Waals surface area contributed by atoms with Gasteiger partial charge in [-0.05, 0) is 74.6 Å². The molecule has 3 rings (SSSR count). The van der Waals surface area contributed by atoms with Gasteiger partial charge in [-0.3, -0.25) is 14.5 Å². The first kappa shape index (κ1) is 22.6. The minimum atomic E-state index is -3.87. The van der Waals surface area contributed by atoms with Crippen molar-refractivity contribution in [2.75, 3.05) is 0 Å². The van der Waals surface area contributed by atoms with Crippen LogP contribution in [-0.4, -0.2) is 31.0 Å². The van der Waals surface area contributed by atoms with Crippen LogP contribution >= 0.6 is 0 Å². The van der Waals surface area contributed by atoms with Gasteiger partial charge in [0.2, 0.25) is 10.0 Å². The zero-order chi connectivity index (χ0) is 23.3. The lowest BCUT2D eigenvalue weighted by Gasteiger charge is -2.23. The number of nitrogens with two attached hydrogens (primary N) is 1. The van der Waals surface area contributed by atoms with Gasteiger partial charge in [-0.15, -0.1) is 0 Å². The number of rotatable bonds is 5. The van der Waals surface area contributed by atoms with E-state index < -0.39 is 27.5 Å². The summed E-state index contributed by atoms with van der Waals surface area (Å²) in [5.74, 6) is -0.544. The Morgan fingerprint density at radius 1 is 1.10 bits per heavy atom. The second-order valence-electron chi connectivity index (χ2n) is 8.06. The second-order valence-corrected chi connectivity index (χ2v) is 9.62. The summed E-state index contributed by atoms with van der Waals surface area (Å²) in [4.78, 5) is 39.1. The monoisotopic (exact) mass is 443 g/mol. The molecule has 1 heterocycles. The number of amides is 3. The molecule has 164 valence electrons. The quantitative estimate of drug-likeness (QED) is 0.542. The number of nitrogens with zero attached hydrogens (tertiary/aromatic N) is 1. The molecule has 31 heavy (non-hydrogen) atoms. The molecular formula is C22H25N3O5S. The number of Topliss-reactive ketones (excluding diaryl/α,β-unsaturated/α-hetero) is 1. The van der Waals surface area contributed by atoms with Gasteiger partial charge in [0.25, 0.3) is 5.91 Å². The molecule has 0 unspecified atom stereocenters. The third-order valence-electron chi connectivity index (χ3n) is 5.83. The van der Waals surface area contributed by atoms with E-state index in [9.17, 15) is 22.8 Å². The van der Waals surface area contributed by atoms with Crippen LogP contribution in [0, 0.1) is 20.8 Å². The Kier molecular flexibility index (Phi) is 5.54. The summed E-state index contributed by atoms with van der Waals surface area (Å²) in [5, 5.41) is 7.83. The van der Waals surface area contributed by atoms with Crippen LogP contribution in [0.4, 0.5) is 4.79 Å². The van der Waals surface area contributed by atoms with Crippen molar-refractivity contribution in [3.63, 3.8) is 0 Å². The van der Waals surface area contributed by atoms with Crippen LogP contribution in [0.2, 0.25) is 0 Å². The van der Waals surface area contributed by atoms with Crippen molar-refractivity contribution in [2.45, 2.75) is 51.6 Å². The fourth-order valence-electron chi connectivity index (χ4n) is 4.18. The number of sulfonamides is 1. The lowest BCUT2D eigenvalue weighted by Crippen LogP contribution is -2.40. The van der Waals surface area contributed by atoms with E-state index in [0.29, 0.717) is 11.1 Å². The number of nitrogens with one attached hydrogen (secondary N) is 1. The number of hydrogen-bond acceptors (Lipinski definition) is 5. The maximum Gasteiger partial charge on any atom is 0.325 e. The van der Waals surface area contributed by atoms with Crippen molar-refractivity contribution in [3.8, 4) is 0 Å².